The molecule has 0 saturated carbocycles. The van der Waals surface area contributed by atoms with Crippen molar-refractivity contribution in [1.82, 2.24) is 4.98 Å². The summed E-state index contributed by atoms with van der Waals surface area (Å²) in [6.45, 7) is 1.62. The van der Waals surface area contributed by atoms with E-state index in [1.807, 2.05) is 28.5 Å². The molecule has 0 saturated heterocycles. The average Bonchev–Trinajstić information content (AvgIpc) is 2.92. The second-order valence-corrected chi connectivity index (χ2v) is 5.26. The van der Waals surface area contributed by atoms with Gasteiger partial charge in [-0.2, -0.15) is 0 Å². The molecule has 1 unspecified atom stereocenters. The number of anilines is 3. The first kappa shape index (κ1) is 11.2. The van der Waals surface area contributed by atoms with Crippen LogP contribution in [-0.4, -0.2) is 16.8 Å². The Bertz CT molecular complexity index is 608. The van der Waals surface area contributed by atoms with E-state index in [0.717, 1.165) is 17.9 Å². The van der Waals surface area contributed by atoms with Crippen molar-refractivity contribution in [3.63, 3.8) is 0 Å². The lowest BCUT2D eigenvalue weighted by Gasteiger charge is -2.23. The van der Waals surface area contributed by atoms with Gasteiger partial charge in [0.15, 0.2) is 10.9 Å². The van der Waals surface area contributed by atoms with Crippen LogP contribution in [0.4, 0.5) is 16.6 Å². The van der Waals surface area contributed by atoms with Gasteiger partial charge >= 0.3 is 0 Å². The van der Waals surface area contributed by atoms with Gasteiger partial charge in [0.1, 0.15) is 5.82 Å². The van der Waals surface area contributed by atoms with Crippen LogP contribution >= 0.6 is 11.3 Å². The summed E-state index contributed by atoms with van der Waals surface area (Å²) in [6, 6.07) is 7.89. The first-order chi connectivity index (χ1) is 8.66. The van der Waals surface area contributed by atoms with Crippen LogP contribution in [0.3, 0.4) is 0 Å². The van der Waals surface area contributed by atoms with E-state index in [4.69, 9.17) is 5.73 Å². The number of carbonyl (C=O) groups excluding carboxylic acids is 1. The number of benzene rings is 1. The minimum Gasteiger partial charge on any atom is -0.375 e. The van der Waals surface area contributed by atoms with E-state index in [0.29, 0.717) is 5.13 Å². The third kappa shape index (κ3) is 1.67. The van der Waals surface area contributed by atoms with Gasteiger partial charge in [0, 0.05) is 17.5 Å². The predicted molar refractivity (Wildman–Crippen MR) is 73.3 cm³/mol. The maximum atomic E-state index is 11.8. The van der Waals surface area contributed by atoms with Crippen LogP contribution in [0.1, 0.15) is 12.5 Å². The Hall–Kier alpha value is -1.88. The molecular weight excluding hydrogens is 246 g/mol. The largest absolute Gasteiger partial charge is 0.375 e. The summed E-state index contributed by atoms with van der Waals surface area (Å²) in [6.07, 6.45) is 0.739. The van der Waals surface area contributed by atoms with Crippen molar-refractivity contribution < 1.29 is 4.79 Å². The fourth-order valence-corrected chi connectivity index (χ4v) is 2.92. The molecule has 0 fully saturated rings. The van der Waals surface area contributed by atoms with Crippen molar-refractivity contribution in [3.8, 4) is 0 Å². The van der Waals surface area contributed by atoms with Gasteiger partial charge in [-0.1, -0.05) is 18.2 Å². The van der Waals surface area contributed by atoms with Crippen LogP contribution in [-0.2, 0) is 11.2 Å². The van der Waals surface area contributed by atoms with Gasteiger partial charge in [-0.05, 0) is 18.6 Å². The number of para-hydroxylation sites is 1. The molecular formula is C13H13N3OS. The van der Waals surface area contributed by atoms with Crippen LogP contribution in [0.5, 0.6) is 0 Å². The molecule has 4 nitrogen and oxygen atoms in total. The first-order valence-corrected chi connectivity index (χ1v) is 6.63. The zero-order valence-corrected chi connectivity index (χ0v) is 10.8. The lowest BCUT2D eigenvalue weighted by molar-refractivity contribution is -0.118. The van der Waals surface area contributed by atoms with E-state index in [1.54, 1.807) is 6.92 Å². The van der Waals surface area contributed by atoms with Crippen LogP contribution < -0.4 is 10.6 Å². The standard InChI is InChI=1S/C13H13N3OS/c1-8(17)11-6-9-4-2-3-5-10(9)16(11)12-7-18-13(14)15-12/h2-5,7,11H,6H2,1H3,(H2,14,15). The molecule has 1 aliphatic heterocycles. The predicted octanol–water partition coefficient (Wildman–Crippen LogP) is 2.38. The Morgan fingerprint density at radius 2 is 2.28 bits per heavy atom. The number of rotatable bonds is 2. The summed E-state index contributed by atoms with van der Waals surface area (Å²) < 4.78 is 0. The van der Waals surface area contributed by atoms with Crippen molar-refractivity contribution in [3.05, 3.63) is 35.2 Å². The number of fused-ring (bicyclic) bond motifs is 1. The average molecular weight is 259 g/mol. The summed E-state index contributed by atoms with van der Waals surface area (Å²) in [5.74, 6) is 0.917. The number of nitrogen functional groups attached to an aromatic ring is 1. The van der Waals surface area contributed by atoms with E-state index in [-0.39, 0.29) is 11.8 Å². The molecule has 1 aromatic heterocycles. The van der Waals surface area contributed by atoms with Gasteiger partial charge in [0.2, 0.25) is 0 Å². The van der Waals surface area contributed by atoms with E-state index < -0.39 is 0 Å². The number of nitrogens with two attached hydrogens (primary N) is 1. The second kappa shape index (κ2) is 4.10. The second-order valence-electron chi connectivity index (χ2n) is 4.37. The van der Waals surface area contributed by atoms with E-state index >= 15 is 0 Å². The molecule has 92 valence electrons. The minimum atomic E-state index is -0.163. The molecule has 0 bridgehead atoms. The first-order valence-electron chi connectivity index (χ1n) is 5.75. The summed E-state index contributed by atoms with van der Waals surface area (Å²) in [7, 11) is 0. The third-order valence-electron chi connectivity index (χ3n) is 3.20. The van der Waals surface area contributed by atoms with Crippen LogP contribution in [0.25, 0.3) is 0 Å². The number of thiazole rings is 1. The van der Waals surface area contributed by atoms with Crippen LogP contribution in [0.15, 0.2) is 29.6 Å². The quantitative estimate of drug-likeness (QED) is 0.899. The van der Waals surface area contributed by atoms with Crippen molar-refractivity contribution in [2.24, 2.45) is 0 Å². The number of hydrogen-bond donors (Lipinski definition) is 1. The monoisotopic (exact) mass is 259 g/mol. The van der Waals surface area contributed by atoms with Crippen molar-refractivity contribution in [2.75, 3.05) is 10.6 Å². The smallest absolute Gasteiger partial charge is 0.182 e. The maximum Gasteiger partial charge on any atom is 0.182 e. The molecule has 1 aliphatic rings. The topological polar surface area (TPSA) is 59.2 Å². The highest BCUT2D eigenvalue weighted by atomic mass is 32.1. The summed E-state index contributed by atoms with van der Waals surface area (Å²) >= 11 is 1.39. The number of ketones is 1. The van der Waals surface area contributed by atoms with Crippen molar-refractivity contribution in [2.45, 2.75) is 19.4 Å². The van der Waals surface area contributed by atoms with Gasteiger partial charge in [-0.15, -0.1) is 11.3 Å². The third-order valence-corrected chi connectivity index (χ3v) is 3.86. The Kier molecular flexibility index (Phi) is 2.56. The zero-order chi connectivity index (χ0) is 12.7. The lowest BCUT2D eigenvalue weighted by atomic mass is 10.1. The number of carbonyl (C=O) groups is 1. The van der Waals surface area contributed by atoms with Crippen LogP contribution in [0.2, 0.25) is 0 Å². The molecule has 0 aliphatic carbocycles. The molecule has 1 aromatic carbocycles. The highest BCUT2D eigenvalue weighted by Crippen LogP contribution is 2.39. The molecule has 1 atom stereocenters. The van der Waals surface area contributed by atoms with Gasteiger partial charge in [-0.25, -0.2) is 4.98 Å². The number of hydrogen-bond acceptors (Lipinski definition) is 5. The number of Topliss-reactive ketones (excluding diaryl/α,β-unsaturated/α-hetero) is 1. The Labute approximate surface area is 109 Å². The number of aromatic nitrogens is 1. The Morgan fingerprint density at radius 3 is 2.94 bits per heavy atom. The van der Waals surface area contributed by atoms with Crippen molar-refractivity contribution in [1.29, 1.82) is 0 Å². The van der Waals surface area contributed by atoms with E-state index in [2.05, 4.69) is 11.1 Å². The summed E-state index contributed by atoms with van der Waals surface area (Å²) in [5.41, 5.74) is 7.93. The fraction of sp³-hybridized carbons (Fsp3) is 0.231. The maximum absolute atomic E-state index is 11.8. The molecule has 2 aromatic rings. The molecule has 0 amide bonds. The molecule has 2 heterocycles. The van der Waals surface area contributed by atoms with Gasteiger partial charge in [0.25, 0.3) is 0 Å². The van der Waals surface area contributed by atoms with Gasteiger partial charge < -0.3 is 10.6 Å². The molecule has 0 spiro atoms. The Balaban J connectivity index is 2.11. The fourth-order valence-electron chi connectivity index (χ4n) is 2.38. The molecule has 2 N–H and O–H groups in total. The lowest BCUT2D eigenvalue weighted by Crippen LogP contribution is -2.33. The highest BCUT2D eigenvalue weighted by molar-refractivity contribution is 7.13. The van der Waals surface area contributed by atoms with Gasteiger partial charge in [-0.3, -0.25) is 4.79 Å². The van der Waals surface area contributed by atoms with E-state index in [9.17, 15) is 4.79 Å². The summed E-state index contributed by atoms with van der Waals surface area (Å²) in [5, 5.41) is 2.42. The number of nitrogens with zero attached hydrogens (tertiary/aromatic N) is 2. The zero-order valence-electron chi connectivity index (χ0n) is 9.96. The summed E-state index contributed by atoms with van der Waals surface area (Å²) in [4.78, 5) is 18.1. The minimum absolute atomic E-state index is 0.151. The molecule has 0 radical (unpaired) electrons. The normalized spacial score (nSPS) is 17.8. The Morgan fingerprint density at radius 1 is 1.50 bits per heavy atom. The molecule has 5 heteroatoms. The van der Waals surface area contributed by atoms with Crippen LogP contribution in [0, 0.1) is 0 Å². The highest BCUT2D eigenvalue weighted by Gasteiger charge is 2.34. The van der Waals surface area contributed by atoms with Gasteiger partial charge in [0.05, 0.1) is 6.04 Å². The van der Waals surface area contributed by atoms with E-state index in [1.165, 1.54) is 16.9 Å². The van der Waals surface area contributed by atoms with Crippen molar-refractivity contribution >= 4 is 33.8 Å². The molecule has 3 rings (SSSR count). The SMILES string of the molecule is CC(=O)C1Cc2ccccc2N1c1csc(N)n1. The molecule has 18 heavy (non-hydrogen) atoms.